The summed E-state index contributed by atoms with van der Waals surface area (Å²) in [6.07, 6.45) is 3.99. The summed E-state index contributed by atoms with van der Waals surface area (Å²) in [5.41, 5.74) is 1.18. The van der Waals surface area contributed by atoms with E-state index in [1.165, 1.54) is 12.0 Å². The highest BCUT2D eigenvalue weighted by Gasteiger charge is 2.07. The summed E-state index contributed by atoms with van der Waals surface area (Å²) in [5.74, 6) is 2.86. The van der Waals surface area contributed by atoms with Crippen molar-refractivity contribution in [2.24, 2.45) is 5.92 Å². The molecular formula is C13H23N3S. The fourth-order valence-electron chi connectivity index (χ4n) is 1.39. The summed E-state index contributed by atoms with van der Waals surface area (Å²) in [5, 5.41) is 4.45. The van der Waals surface area contributed by atoms with E-state index >= 15 is 0 Å². The minimum atomic E-state index is 0.752. The first kappa shape index (κ1) is 14.3. The van der Waals surface area contributed by atoms with Crippen molar-refractivity contribution in [2.75, 3.05) is 17.6 Å². The molecule has 1 heterocycles. The molecule has 0 spiro atoms. The van der Waals surface area contributed by atoms with Gasteiger partial charge in [0.15, 0.2) is 0 Å². The average molecular weight is 253 g/mol. The summed E-state index contributed by atoms with van der Waals surface area (Å²) in [7, 11) is 0. The molecule has 1 aromatic rings. The third kappa shape index (κ3) is 4.94. The van der Waals surface area contributed by atoms with Gasteiger partial charge in [-0.1, -0.05) is 20.8 Å². The Balaban J connectivity index is 2.59. The van der Waals surface area contributed by atoms with Gasteiger partial charge in [0.1, 0.15) is 17.2 Å². The van der Waals surface area contributed by atoms with Crippen LogP contribution in [0.5, 0.6) is 0 Å². The van der Waals surface area contributed by atoms with Gasteiger partial charge >= 0.3 is 0 Å². The molecule has 0 aromatic carbocycles. The summed E-state index contributed by atoms with van der Waals surface area (Å²) < 4.78 is 0. The molecule has 17 heavy (non-hydrogen) atoms. The van der Waals surface area contributed by atoms with E-state index in [9.17, 15) is 0 Å². The Labute approximate surface area is 109 Å². The molecule has 0 aliphatic heterocycles. The van der Waals surface area contributed by atoms with E-state index in [1.54, 1.807) is 6.33 Å². The SMILES string of the molecule is CCCNc1ncnc(SCCC(C)C)c1C. The minimum Gasteiger partial charge on any atom is -0.370 e. The lowest BCUT2D eigenvalue weighted by molar-refractivity contribution is 0.632. The van der Waals surface area contributed by atoms with Crippen molar-refractivity contribution in [3.63, 3.8) is 0 Å². The molecular weight excluding hydrogens is 230 g/mol. The van der Waals surface area contributed by atoms with Gasteiger partial charge in [-0.05, 0) is 31.4 Å². The first-order chi connectivity index (χ1) is 8.15. The molecule has 1 rings (SSSR count). The Morgan fingerprint density at radius 3 is 2.76 bits per heavy atom. The molecule has 0 saturated heterocycles. The molecule has 0 aliphatic rings. The van der Waals surface area contributed by atoms with Crippen molar-refractivity contribution in [1.82, 2.24) is 9.97 Å². The zero-order chi connectivity index (χ0) is 12.7. The van der Waals surface area contributed by atoms with Crippen LogP contribution < -0.4 is 5.32 Å². The normalized spacial score (nSPS) is 10.9. The van der Waals surface area contributed by atoms with Gasteiger partial charge in [0.25, 0.3) is 0 Å². The van der Waals surface area contributed by atoms with E-state index < -0.39 is 0 Å². The molecule has 0 atom stereocenters. The van der Waals surface area contributed by atoms with E-state index in [0.717, 1.165) is 35.5 Å². The quantitative estimate of drug-likeness (QED) is 0.593. The Kier molecular flexibility index (Phi) is 6.34. The largest absolute Gasteiger partial charge is 0.370 e. The molecule has 0 unspecified atom stereocenters. The highest BCUT2D eigenvalue weighted by molar-refractivity contribution is 7.99. The number of aromatic nitrogens is 2. The number of hydrogen-bond donors (Lipinski definition) is 1. The smallest absolute Gasteiger partial charge is 0.133 e. The van der Waals surface area contributed by atoms with Crippen LogP contribution >= 0.6 is 11.8 Å². The second kappa shape index (κ2) is 7.54. The lowest BCUT2D eigenvalue weighted by Gasteiger charge is -2.10. The van der Waals surface area contributed by atoms with Crippen LogP contribution in [0.2, 0.25) is 0 Å². The number of rotatable bonds is 7. The van der Waals surface area contributed by atoms with E-state index in [0.29, 0.717) is 0 Å². The van der Waals surface area contributed by atoms with Crippen LogP contribution in [0, 0.1) is 12.8 Å². The van der Waals surface area contributed by atoms with Gasteiger partial charge in [-0.3, -0.25) is 0 Å². The summed E-state index contributed by atoms with van der Waals surface area (Å²) in [6.45, 7) is 9.72. The topological polar surface area (TPSA) is 37.8 Å². The van der Waals surface area contributed by atoms with E-state index in [-0.39, 0.29) is 0 Å². The van der Waals surface area contributed by atoms with Gasteiger partial charge in [-0.15, -0.1) is 11.8 Å². The fourth-order valence-corrected chi connectivity index (χ4v) is 2.61. The molecule has 0 amide bonds. The predicted octanol–water partition coefficient (Wildman–Crippen LogP) is 3.75. The third-order valence-electron chi connectivity index (χ3n) is 2.51. The van der Waals surface area contributed by atoms with Crippen LogP contribution in [0.25, 0.3) is 0 Å². The average Bonchev–Trinajstić information content (AvgIpc) is 2.29. The first-order valence-electron chi connectivity index (χ1n) is 6.33. The van der Waals surface area contributed by atoms with Crippen molar-refractivity contribution in [1.29, 1.82) is 0 Å². The second-order valence-corrected chi connectivity index (χ2v) is 5.69. The van der Waals surface area contributed by atoms with Gasteiger partial charge in [-0.2, -0.15) is 0 Å². The molecule has 1 N–H and O–H groups in total. The summed E-state index contributed by atoms with van der Waals surface area (Å²) in [6, 6.07) is 0. The lowest BCUT2D eigenvalue weighted by Crippen LogP contribution is -2.05. The Morgan fingerprint density at radius 2 is 2.12 bits per heavy atom. The van der Waals surface area contributed by atoms with Gasteiger partial charge in [0.05, 0.1) is 0 Å². The van der Waals surface area contributed by atoms with Crippen LogP contribution in [-0.2, 0) is 0 Å². The van der Waals surface area contributed by atoms with Gasteiger partial charge < -0.3 is 5.32 Å². The van der Waals surface area contributed by atoms with E-state index in [2.05, 4.69) is 43.0 Å². The maximum Gasteiger partial charge on any atom is 0.133 e. The maximum atomic E-state index is 4.36. The Morgan fingerprint density at radius 1 is 1.35 bits per heavy atom. The van der Waals surface area contributed by atoms with Crippen molar-refractivity contribution in [3.8, 4) is 0 Å². The number of nitrogens with one attached hydrogen (secondary N) is 1. The molecule has 0 bridgehead atoms. The molecule has 0 aliphatic carbocycles. The fraction of sp³-hybridized carbons (Fsp3) is 0.692. The van der Waals surface area contributed by atoms with Crippen LogP contribution in [0.1, 0.15) is 39.2 Å². The van der Waals surface area contributed by atoms with Crippen LogP contribution in [0.15, 0.2) is 11.4 Å². The number of thioether (sulfide) groups is 1. The van der Waals surface area contributed by atoms with E-state index in [1.807, 2.05) is 11.8 Å². The maximum absolute atomic E-state index is 4.36. The van der Waals surface area contributed by atoms with Crippen LogP contribution in [0.4, 0.5) is 5.82 Å². The highest BCUT2D eigenvalue weighted by atomic mass is 32.2. The first-order valence-corrected chi connectivity index (χ1v) is 7.32. The Bertz CT molecular complexity index is 339. The van der Waals surface area contributed by atoms with Crippen molar-refractivity contribution >= 4 is 17.6 Å². The second-order valence-electron chi connectivity index (χ2n) is 4.61. The number of nitrogens with zero attached hydrogens (tertiary/aromatic N) is 2. The molecule has 4 heteroatoms. The van der Waals surface area contributed by atoms with Crippen molar-refractivity contribution in [2.45, 2.75) is 45.6 Å². The Hall–Kier alpha value is -0.770. The van der Waals surface area contributed by atoms with Crippen molar-refractivity contribution < 1.29 is 0 Å². The van der Waals surface area contributed by atoms with Crippen LogP contribution in [-0.4, -0.2) is 22.3 Å². The zero-order valence-corrected chi connectivity index (χ0v) is 12.1. The third-order valence-corrected chi connectivity index (χ3v) is 3.64. The molecule has 96 valence electrons. The van der Waals surface area contributed by atoms with Gasteiger partial charge in [-0.25, -0.2) is 9.97 Å². The molecule has 0 saturated carbocycles. The van der Waals surface area contributed by atoms with Crippen LogP contribution in [0.3, 0.4) is 0 Å². The number of hydrogen-bond acceptors (Lipinski definition) is 4. The molecule has 0 radical (unpaired) electrons. The summed E-state index contributed by atoms with van der Waals surface area (Å²) in [4.78, 5) is 8.64. The van der Waals surface area contributed by atoms with E-state index in [4.69, 9.17) is 0 Å². The summed E-state index contributed by atoms with van der Waals surface area (Å²) >= 11 is 1.83. The molecule has 1 aromatic heterocycles. The predicted molar refractivity (Wildman–Crippen MR) is 75.7 cm³/mol. The van der Waals surface area contributed by atoms with Gasteiger partial charge in [0, 0.05) is 12.1 Å². The standard InChI is InChI=1S/C13H23N3S/c1-5-7-14-12-11(4)13(16-9-15-12)17-8-6-10(2)3/h9-10H,5-8H2,1-4H3,(H,14,15,16). The van der Waals surface area contributed by atoms with Gasteiger partial charge in [0.2, 0.25) is 0 Å². The number of anilines is 1. The zero-order valence-electron chi connectivity index (χ0n) is 11.3. The van der Waals surface area contributed by atoms with Crippen molar-refractivity contribution in [3.05, 3.63) is 11.9 Å². The monoisotopic (exact) mass is 253 g/mol. The lowest BCUT2D eigenvalue weighted by atomic mass is 10.2. The highest BCUT2D eigenvalue weighted by Crippen LogP contribution is 2.25. The molecule has 0 fully saturated rings. The minimum absolute atomic E-state index is 0.752. The molecule has 3 nitrogen and oxygen atoms in total.